The quantitative estimate of drug-likeness (QED) is 0.414. The number of benzene rings is 1. The molecule has 2 aliphatic heterocycles. The van der Waals surface area contributed by atoms with Crippen LogP contribution in [0.4, 0.5) is 0 Å². The average molecular weight is 577 g/mol. The maximum Gasteiger partial charge on any atom is 0.329 e. The van der Waals surface area contributed by atoms with Gasteiger partial charge in [0.1, 0.15) is 6.04 Å². The first-order valence-electron chi connectivity index (χ1n) is 12.5. The summed E-state index contributed by atoms with van der Waals surface area (Å²) in [7, 11) is -1.44. The van der Waals surface area contributed by atoms with Gasteiger partial charge in [0.05, 0.1) is 35.3 Å². The molecule has 0 spiro atoms. The molecule has 14 heteroatoms. The van der Waals surface area contributed by atoms with Crippen LogP contribution >= 0.6 is 11.6 Å². The van der Waals surface area contributed by atoms with Gasteiger partial charge in [-0.1, -0.05) is 11.6 Å². The van der Waals surface area contributed by atoms with Gasteiger partial charge in [-0.3, -0.25) is 9.59 Å². The summed E-state index contributed by atoms with van der Waals surface area (Å²) >= 11 is 6.13. The van der Waals surface area contributed by atoms with Crippen molar-refractivity contribution in [2.45, 2.75) is 29.8 Å². The van der Waals surface area contributed by atoms with E-state index in [9.17, 15) is 22.8 Å². The molecular weight excluding hydrogens is 548 g/mol. The van der Waals surface area contributed by atoms with E-state index in [2.05, 4.69) is 15.4 Å². The number of hydrogen-bond donors (Lipinski definition) is 2. The van der Waals surface area contributed by atoms with Gasteiger partial charge in [0, 0.05) is 36.8 Å². The summed E-state index contributed by atoms with van der Waals surface area (Å²) in [6, 6.07) is 5.54. The molecule has 2 atom stereocenters. The fourth-order valence-corrected chi connectivity index (χ4v) is 7.08. The van der Waals surface area contributed by atoms with Gasteiger partial charge in [-0.15, -0.1) is 0 Å². The number of hydrogen-bond acceptors (Lipinski definition) is 8. The van der Waals surface area contributed by atoms with Crippen molar-refractivity contribution in [1.82, 2.24) is 29.3 Å². The Hall–Kier alpha value is -3.26. The molecule has 39 heavy (non-hydrogen) atoms. The molecule has 2 saturated heterocycles. The lowest BCUT2D eigenvalue weighted by atomic mass is 9.85. The van der Waals surface area contributed by atoms with E-state index in [1.807, 2.05) is 0 Å². The van der Waals surface area contributed by atoms with E-state index in [4.69, 9.17) is 16.3 Å². The topological polar surface area (TPSA) is 147 Å². The predicted molar refractivity (Wildman–Crippen MR) is 143 cm³/mol. The molecule has 0 saturated carbocycles. The molecule has 2 fully saturated rings. The molecule has 3 aromatic rings. The lowest BCUT2D eigenvalue weighted by Crippen LogP contribution is -2.62. The first kappa shape index (κ1) is 27.3. The zero-order valence-electron chi connectivity index (χ0n) is 21.5. The first-order chi connectivity index (χ1) is 18.6. The Kier molecular flexibility index (Phi) is 7.51. The highest BCUT2D eigenvalue weighted by atomic mass is 35.5. The molecule has 208 valence electrons. The number of aromatic amines is 1. The zero-order chi connectivity index (χ0) is 27.9. The number of aromatic nitrogens is 3. The number of esters is 1. The summed E-state index contributed by atoms with van der Waals surface area (Å²) in [6.07, 6.45) is 2.97. The number of rotatable bonds is 6. The fraction of sp³-hybridized carbons (Fsp3) is 0.440. The standard InChI is InChI=1S/C25H29ClN6O6S/c1-30-22(33)6-5-19(29-30)24(15-7-9-27-10-8-15)32-21(25(35)38-2)13-31(14-23(32)34)39(36,37)16-3-4-17-18(26)12-28-20(17)11-16/h3-6,11-12,15,21,24,27-28H,7-10,13-14H2,1-2H3. The summed E-state index contributed by atoms with van der Waals surface area (Å²) in [5.41, 5.74) is 0.675. The van der Waals surface area contributed by atoms with Crippen LogP contribution in [-0.2, 0) is 31.4 Å². The molecule has 2 unspecified atom stereocenters. The Labute approximate surface area is 229 Å². The summed E-state index contributed by atoms with van der Waals surface area (Å²) in [4.78, 5) is 43.3. The van der Waals surface area contributed by atoms with E-state index in [1.54, 1.807) is 18.3 Å². The zero-order valence-corrected chi connectivity index (χ0v) is 23.0. The van der Waals surface area contributed by atoms with Crippen molar-refractivity contribution in [3.8, 4) is 0 Å². The molecule has 4 heterocycles. The third kappa shape index (κ3) is 5.07. The normalized spacial score (nSPS) is 20.3. The van der Waals surface area contributed by atoms with Gasteiger partial charge in [-0.2, -0.15) is 9.40 Å². The van der Waals surface area contributed by atoms with Crippen LogP contribution in [0.15, 0.2) is 46.2 Å². The third-order valence-corrected chi connectivity index (χ3v) is 9.56. The van der Waals surface area contributed by atoms with Crippen LogP contribution in [0.2, 0.25) is 5.02 Å². The number of piperidine rings is 1. The Bertz CT molecular complexity index is 1580. The van der Waals surface area contributed by atoms with Crippen molar-refractivity contribution in [3.63, 3.8) is 0 Å². The summed E-state index contributed by atoms with van der Waals surface area (Å²) in [5, 5.41) is 8.83. The van der Waals surface area contributed by atoms with Gasteiger partial charge in [0.2, 0.25) is 15.9 Å². The predicted octanol–water partition coefficient (Wildman–Crippen LogP) is 1.03. The number of sulfonamides is 1. The molecule has 2 aromatic heterocycles. The molecule has 0 radical (unpaired) electrons. The summed E-state index contributed by atoms with van der Waals surface area (Å²) < 4.78 is 34.6. The molecule has 2 N–H and O–H groups in total. The van der Waals surface area contributed by atoms with Crippen LogP contribution in [0.1, 0.15) is 24.6 Å². The number of H-pyrrole nitrogens is 1. The van der Waals surface area contributed by atoms with Crippen LogP contribution in [-0.4, -0.2) is 83.6 Å². The van der Waals surface area contributed by atoms with E-state index in [-0.39, 0.29) is 22.9 Å². The van der Waals surface area contributed by atoms with Crippen LogP contribution in [0.3, 0.4) is 0 Å². The van der Waals surface area contributed by atoms with Crippen molar-refractivity contribution in [1.29, 1.82) is 0 Å². The first-order valence-corrected chi connectivity index (χ1v) is 14.3. The van der Waals surface area contributed by atoms with Crippen molar-refractivity contribution in [3.05, 3.63) is 57.6 Å². The minimum atomic E-state index is -4.16. The van der Waals surface area contributed by atoms with Crippen LogP contribution < -0.4 is 10.9 Å². The number of carbonyl (C=O) groups excluding carboxylic acids is 2. The molecule has 1 aromatic carbocycles. The van der Waals surface area contributed by atoms with E-state index in [0.29, 0.717) is 47.6 Å². The maximum absolute atomic E-state index is 13.8. The number of nitrogens with one attached hydrogen (secondary N) is 2. The highest BCUT2D eigenvalue weighted by Gasteiger charge is 2.48. The Morgan fingerprint density at radius 3 is 2.62 bits per heavy atom. The summed E-state index contributed by atoms with van der Waals surface area (Å²) in [5.74, 6) is -1.36. The number of nitrogens with zero attached hydrogens (tertiary/aromatic N) is 4. The molecule has 2 aliphatic rings. The Balaban J connectivity index is 1.54. The number of ether oxygens (including phenoxy) is 1. The number of methoxy groups -OCH3 is 1. The van der Waals surface area contributed by atoms with Crippen molar-refractivity contribution in [2.24, 2.45) is 13.0 Å². The lowest BCUT2D eigenvalue weighted by Gasteiger charge is -2.45. The lowest BCUT2D eigenvalue weighted by molar-refractivity contribution is -0.160. The monoisotopic (exact) mass is 576 g/mol. The molecule has 0 aliphatic carbocycles. The molecule has 12 nitrogen and oxygen atoms in total. The van der Waals surface area contributed by atoms with Gasteiger partial charge in [0.15, 0.2) is 0 Å². The maximum atomic E-state index is 13.8. The molecule has 0 bridgehead atoms. The van der Waals surface area contributed by atoms with Gasteiger partial charge >= 0.3 is 5.97 Å². The number of amides is 1. The summed E-state index contributed by atoms with van der Waals surface area (Å²) in [6.45, 7) is 0.664. The van der Waals surface area contributed by atoms with Crippen LogP contribution in [0.25, 0.3) is 10.9 Å². The minimum absolute atomic E-state index is 0.0342. The average Bonchev–Trinajstić information content (AvgIpc) is 3.31. The van der Waals surface area contributed by atoms with Gasteiger partial charge in [-0.05, 0) is 56.1 Å². The van der Waals surface area contributed by atoms with Crippen molar-refractivity contribution < 1.29 is 22.7 Å². The van der Waals surface area contributed by atoms with E-state index in [0.717, 1.165) is 4.31 Å². The largest absolute Gasteiger partial charge is 0.467 e. The van der Waals surface area contributed by atoms with Crippen molar-refractivity contribution in [2.75, 3.05) is 33.3 Å². The second kappa shape index (κ2) is 10.7. The SMILES string of the molecule is COC(=O)C1CN(S(=O)(=O)c2ccc3c(Cl)c[nH]c3c2)CC(=O)N1C(c1ccc(=O)n(C)n1)C1CCNCC1. The number of carbonyl (C=O) groups is 2. The van der Waals surface area contributed by atoms with Crippen LogP contribution in [0.5, 0.6) is 0 Å². The Morgan fingerprint density at radius 2 is 1.92 bits per heavy atom. The smallest absolute Gasteiger partial charge is 0.329 e. The van der Waals surface area contributed by atoms with E-state index in [1.165, 1.54) is 41.9 Å². The van der Waals surface area contributed by atoms with Gasteiger partial charge in [-0.25, -0.2) is 17.9 Å². The third-order valence-electron chi connectivity index (χ3n) is 7.44. The van der Waals surface area contributed by atoms with E-state index < -0.39 is 40.5 Å². The van der Waals surface area contributed by atoms with Crippen LogP contribution in [0, 0.1) is 5.92 Å². The van der Waals surface area contributed by atoms with Gasteiger partial charge < -0.3 is 19.9 Å². The van der Waals surface area contributed by atoms with E-state index >= 15 is 0 Å². The second-order valence-electron chi connectivity index (χ2n) is 9.73. The Morgan fingerprint density at radius 1 is 1.18 bits per heavy atom. The van der Waals surface area contributed by atoms with Gasteiger partial charge in [0.25, 0.3) is 5.56 Å². The number of piperazine rings is 1. The number of halogens is 1. The fourth-order valence-electron chi connectivity index (χ4n) is 5.44. The highest BCUT2D eigenvalue weighted by Crippen LogP contribution is 2.37. The van der Waals surface area contributed by atoms with Crippen molar-refractivity contribution >= 4 is 44.4 Å². The molecular formula is C25H29ClN6O6S. The highest BCUT2D eigenvalue weighted by molar-refractivity contribution is 7.89. The number of fused-ring (bicyclic) bond motifs is 1. The number of aryl methyl sites for hydroxylation is 1. The molecule has 5 rings (SSSR count). The molecule has 1 amide bonds. The second-order valence-corrected chi connectivity index (χ2v) is 12.1. The minimum Gasteiger partial charge on any atom is -0.467 e.